The molecule has 1 saturated carbocycles. The molecule has 2 saturated heterocycles. The average Bonchev–Trinajstić information content (AvgIpc) is 1.50. The third-order valence-corrected chi connectivity index (χ3v) is 22.7. The number of methoxy groups -OCH3 is 3. The summed E-state index contributed by atoms with van der Waals surface area (Å²) in [4.78, 5) is 126. The SMILES string of the molecule is CCC1=C[N+]2(CC(=O)N3CCC[C@H]3C(=O)N[C@H](C(=O)N[C@@H](CC(=O)OCc3ccccc3)C(=O)OCc3ccccc3)[C@@H](C)CC)Cc3c([nH]c4ccccc34)[C@@](C(=O)OC)(c3cc4c(cc3OC)N(C)C3[C@]45CCN4CC=C[C@@](CC)([C@@H](OC(C)=O)[C@]3(O)C(=O)OC)[C@H]45)CC(C1)C2.[Br-]. The minimum atomic E-state index is -2.40. The van der Waals surface area contributed by atoms with Crippen LogP contribution in [0.1, 0.15) is 126 Å². The second kappa shape index (κ2) is 28.7. The number of hydrogen-bond acceptors (Lipinski definition) is 17. The largest absolute Gasteiger partial charge is 1.00 e. The van der Waals surface area contributed by atoms with Gasteiger partial charge in [-0.25, -0.2) is 9.59 Å². The lowest BCUT2D eigenvalue weighted by molar-refractivity contribution is -0.891. The maximum atomic E-state index is 16.0. The van der Waals surface area contributed by atoms with Crippen molar-refractivity contribution in [1.82, 2.24) is 25.4 Å². The standard InChI is InChI=1S/C76H91N7O15.BrH/c1-10-46(4)63(66(88)78-57(67(89)97-45-50-25-17-14-18-26-50)37-62(86)96-44-49-23-15-13-16-24-49)79-65(87)58-29-21-33-82(58)61(85)43-83-40-48(11-2)35-51(41-83)39-75(71(90)94-8,64-53(42-83)52-27-19-20-28-56(52)77-64)55-36-54-59(38-60(55)93-7)80(6)69-74(54)31-34-81-32-22-30-73(12-3,68(74)81)70(98-47(5)84)76(69,92)72(91)95-9;/h13-20,22-28,30,36,38,40,46,51,57-58,63,68-70,77,92H,10-12,21,29,31-35,37,39,41-45H2,1-9H3,(H-,78,79,87,88);1H/t46-,51?,57-,58-,63-,68-,69?,70+,73+,74+,75-,76-,83?;/m0./s1. The molecule has 4 aromatic carbocycles. The second-order valence-corrected chi connectivity index (χ2v) is 28.1. The molecule has 2 bridgehead atoms. The number of esters is 5. The van der Waals surface area contributed by atoms with Crippen molar-refractivity contribution in [2.45, 2.75) is 165 Å². The van der Waals surface area contributed by atoms with Gasteiger partial charge in [0.05, 0.1) is 46.5 Å². The van der Waals surface area contributed by atoms with Crippen LogP contribution in [0.2, 0.25) is 0 Å². The quantitative estimate of drug-likeness (QED) is 0.0322. The summed E-state index contributed by atoms with van der Waals surface area (Å²) in [6.07, 6.45) is 7.96. The fourth-order valence-corrected chi connectivity index (χ4v) is 18.4. The topological polar surface area (TPSA) is 262 Å². The van der Waals surface area contributed by atoms with Crippen molar-refractivity contribution in [3.05, 3.63) is 154 Å². The number of fused-ring (bicyclic) bond motifs is 6. The number of nitrogens with zero attached hydrogens (tertiary/aromatic N) is 4. The number of anilines is 1. The molecule has 3 fully saturated rings. The number of aromatic amines is 1. The molecular weight excluding hydrogens is 1330 g/mol. The number of hydrogen-bond donors (Lipinski definition) is 4. The summed E-state index contributed by atoms with van der Waals surface area (Å²) in [6, 6.07) is 24.8. The first-order valence-electron chi connectivity index (χ1n) is 34.5. The maximum Gasteiger partial charge on any atom is 0.344 e. The number of ether oxygens (including phenoxy) is 6. The fraction of sp³-hybridized carbons (Fsp3) is 0.500. The van der Waals surface area contributed by atoms with Gasteiger partial charge in [0.15, 0.2) is 12.6 Å². The number of aliphatic hydroxyl groups is 1. The summed E-state index contributed by atoms with van der Waals surface area (Å²) in [5.74, 6) is -5.60. The lowest BCUT2D eigenvalue weighted by Crippen LogP contribution is -3.00. The highest BCUT2D eigenvalue weighted by Crippen LogP contribution is 2.68. The first-order chi connectivity index (χ1) is 47.1. The molecule has 7 aliphatic rings. The number of benzene rings is 4. The molecule has 22 nitrogen and oxygen atoms in total. The minimum absolute atomic E-state index is 0. The van der Waals surface area contributed by atoms with Crippen LogP contribution in [0, 0.1) is 17.3 Å². The van der Waals surface area contributed by atoms with Gasteiger partial charge >= 0.3 is 29.8 Å². The van der Waals surface area contributed by atoms with Crippen molar-refractivity contribution in [2.75, 3.05) is 66.0 Å². The highest BCUT2D eigenvalue weighted by Gasteiger charge is 2.80. The number of amides is 3. The van der Waals surface area contributed by atoms with Gasteiger partial charge in [0.1, 0.15) is 49.0 Å². The van der Waals surface area contributed by atoms with Gasteiger partial charge < -0.3 is 75.9 Å². The molecule has 1 spiro atoms. The van der Waals surface area contributed by atoms with Gasteiger partial charge in [-0.2, -0.15) is 0 Å². The molecule has 4 N–H and O–H groups in total. The van der Waals surface area contributed by atoms with E-state index in [4.69, 9.17) is 28.4 Å². The van der Waals surface area contributed by atoms with Gasteiger partial charge in [-0.05, 0) is 91.8 Å². The first-order valence-corrected chi connectivity index (χ1v) is 34.5. The molecule has 13 atom stereocenters. The summed E-state index contributed by atoms with van der Waals surface area (Å²) in [7, 11) is 6.02. The molecule has 6 aliphatic heterocycles. The summed E-state index contributed by atoms with van der Waals surface area (Å²) >= 11 is 0. The second-order valence-electron chi connectivity index (χ2n) is 28.1. The number of carbonyl (C=O) groups is 8. The van der Waals surface area contributed by atoms with Gasteiger partial charge in [-0.15, -0.1) is 0 Å². The molecule has 5 aromatic rings. The van der Waals surface area contributed by atoms with E-state index in [-0.39, 0.29) is 72.6 Å². The zero-order valence-corrected chi connectivity index (χ0v) is 59.5. The number of halogens is 1. The number of carbonyl (C=O) groups excluding carboxylic acids is 8. The number of aromatic nitrogens is 1. The lowest BCUT2D eigenvalue weighted by Gasteiger charge is -2.63. The average molecular weight is 1420 g/mol. The van der Waals surface area contributed by atoms with Crippen molar-refractivity contribution >= 4 is 64.2 Å². The number of likely N-dealkylation sites (N-methyl/N-ethyl adjacent to an activating group) is 1. The molecule has 1 aromatic heterocycles. The van der Waals surface area contributed by atoms with Crippen LogP contribution in [-0.4, -0.2) is 175 Å². The number of nitrogens with one attached hydrogen (secondary N) is 3. The van der Waals surface area contributed by atoms with Crippen molar-refractivity contribution in [3.8, 4) is 5.75 Å². The van der Waals surface area contributed by atoms with Crippen molar-refractivity contribution in [3.63, 3.8) is 0 Å². The van der Waals surface area contributed by atoms with E-state index in [1.54, 1.807) is 48.4 Å². The lowest BCUT2D eigenvalue weighted by atomic mass is 9.47. The summed E-state index contributed by atoms with van der Waals surface area (Å²) in [5.41, 5.74) is 0.478. The van der Waals surface area contributed by atoms with Gasteiger partial charge in [-0.3, -0.25) is 38.2 Å². The molecule has 1 aliphatic carbocycles. The monoisotopic (exact) mass is 1420 g/mol. The highest BCUT2D eigenvalue weighted by molar-refractivity contribution is 5.97. The number of quaternary nitrogens is 1. The Kier molecular flexibility index (Phi) is 20.8. The van der Waals surface area contributed by atoms with Crippen LogP contribution < -0.4 is 37.3 Å². The maximum absolute atomic E-state index is 16.0. The highest BCUT2D eigenvalue weighted by atomic mass is 79.9. The first kappa shape index (κ1) is 71.9. The Balaban J connectivity index is 0.00000990. The molecule has 12 rings (SSSR count). The normalized spacial score (nSPS) is 27.9. The zero-order valence-electron chi connectivity index (χ0n) is 57.9. The van der Waals surface area contributed by atoms with E-state index in [1.807, 2.05) is 99.5 Å². The third kappa shape index (κ3) is 12.4. The Morgan fingerprint density at radius 2 is 1.52 bits per heavy atom. The Morgan fingerprint density at radius 3 is 2.17 bits per heavy atom. The van der Waals surface area contributed by atoms with E-state index in [2.05, 4.69) is 39.7 Å². The van der Waals surface area contributed by atoms with Crippen LogP contribution in [0.5, 0.6) is 5.75 Å². The molecule has 99 heavy (non-hydrogen) atoms. The van der Waals surface area contributed by atoms with E-state index in [0.717, 1.165) is 33.2 Å². The molecule has 528 valence electrons. The Bertz CT molecular complexity index is 4000. The third-order valence-electron chi connectivity index (χ3n) is 22.7. The van der Waals surface area contributed by atoms with Gasteiger partial charge in [0, 0.05) is 89.3 Å². The molecule has 0 radical (unpaired) electrons. The fourth-order valence-electron chi connectivity index (χ4n) is 18.4. The minimum Gasteiger partial charge on any atom is -1.00 e. The summed E-state index contributed by atoms with van der Waals surface area (Å²) in [5, 5.41) is 20.2. The number of para-hydroxylation sites is 1. The smallest absolute Gasteiger partial charge is 0.344 e. The Hall–Kier alpha value is -8.38. The Morgan fingerprint density at radius 1 is 0.828 bits per heavy atom. The van der Waals surface area contributed by atoms with Crippen LogP contribution in [-0.2, 0) is 92.6 Å². The van der Waals surface area contributed by atoms with Crippen LogP contribution >= 0.6 is 0 Å². The van der Waals surface area contributed by atoms with Gasteiger partial charge in [0.25, 0.3) is 5.91 Å². The number of H-pyrrole nitrogens is 1. The number of allylic oxidation sites excluding steroid dienone is 1. The summed E-state index contributed by atoms with van der Waals surface area (Å²) in [6.45, 7) is 10.9. The van der Waals surface area contributed by atoms with Gasteiger partial charge in [-0.1, -0.05) is 125 Å². The van der Waals surface area contributed by atoms with Crippen molar-refractivity contribution < 1.29 is 93.3 Å². The molecular formula is C76H92BrN7O15. The molecule has 7 heterocycles. The van der Waals surface area contributed by atoms with E-state index in [0.29, 0.717) is 92.8 Å². The predicted octanol–water partition coefficient (Wildman–Crippen LogP) is 4.50. The van der Waals surface area contributed by atoms with Crippen LogP contribution in [0.15, 0.2) is 121 Å². The zero-order chi connectivity index (χ0) is 69.6. The predicted molar refractivity (Wildman–Crippen MR) is 362 cm³/mol. The van der Waals surface area contributed by atoms with E-state index in [1.165, 1.54) is 21.1 Å². The van der Waals surface area contributed by atoms with Crippen LogP contribution in [0.25, 0.3) is 10.9 Å². The van der Waals surface area contributed by atoms with E-state index >= 15 is 9.59 Å². The van der Waals surface area contributed by atoms with Crippen LogP contribution in [0.3, 0.4) is 0 Å². The van der Waals surface area contributed by atoms with E-state index in [9.17, 15) is 33.9 Å². The Labute approximate surface area is 588 Å². The summed E-state index contributed by atoms with van der Waals surface area (Å²) < 4.78 is 35.8. The number of rotatable bonds is 22. The van der Waals surface area contributed by atoms with Crippen molar-refractivity contribution in [2.24, 2.45) is 17.3 Å². The molecule has 3 unspecified atom stereocenters. The number of likely N-dealkylation sites (tertiary alicyclic amines) is 1. The van der Waals surface area contributed by atoms with Crippen LogP contribution in [0.4, 0.5) is 5.69 Å². The van der Waals surface area contributed by atoms with Crippen molar-refractivity contribution in [1.29, 1.82) is 0 Å². The van der Waals surface area contributed by atoms with Gasteiger partial charge in [0.2, 0.25) is 17.4 Å². The van der Waals surface area contributed by atoms with E-state index < -0.39 is 112 Å². The molecule has 3 amide bonds. The molecule has 23 heteroatoms.